The highest BCUT2D eigenvalue weighted by atomic mass is 32.1. The third kappa shape index (κ3) is 3.04. The highest BCUT2D eigenvalue weighted by Gasteiger charge is 2.14. The summed E-state index contributed by atoms with van der Waals surface area (Å²) >= 11 is 1.77. The molecule has 4 nitrogen and oxygen atoms in total. The van der Waals surface area contributed by atoms with Gasteiger partial charge in [0, 0.05) is 17.5 Å². The summed E-state index contributed by atoms with van der Waals surface area (Å²) in [6.45, 7) is 7.25. The van der Waals surface area contributed by atoms with Crippen LogP contribution in [0.3, 0.4) is 0 Å². The molecule has 0 atom stereocenters. The molecule has 2 aromatic rings. The molecule has 0 aliphatic carbocycles. The lowest BCUT2D eigenvalue weighted by atomic mass is 10.0. The van der Waals surface area contributed by atoms with E-state index in [4.69, 9.17) is 0 Å². The van der Waals surface area contributed by atoms with Gasteiger partial charge in [-0.25, -0.2) is 9.97 Å². The molecule has 2 rings (SSSR count). The highest BCUT2D eigenvalue weighted by molar-refractivity contribution is 7.10. The minimum Gasteiger partial charge on any atom is -0.373 e. The fourth-order valence-electron chi connectivity index (χ4n) is 2.03. The van der Waals surface area contributed by atoms with Gasteiger partial charge < -0.3 is 10.6 Å². The zero-order valence-corrected chi connectivity index (χ0v) is 12.6. The van der Waals surface area contributed by atoms with Crippen LogP contribution in [-0.2, 0) is 6.54 Å². The number of rotatable bonds is 5. The molecule has 2 aromatic heterocycles. The maximum absolute atomic E-state index is 4.38. The van der Waals surface area contributed by atoms with Gasteiger partial charge in [0.25, 0.3) is 0 Å². The first-order chi connectivity index (χ1) is 9.13. The van der Waals surface area contributed by atoms with Gasteiger partial charge in [0.15, 0.2) is 0 Å². The van der Waals surface area contributed by atoms with Crippen LogP contribution in [-0.4, -0.2) is 17.0 Å². The molecule has 102 valence electrons. The largest absolute Gasteiger partial charge is 0.373 e. The first kappa shape index (κ1) is 13.8. The number of anilines is 2. The van der Waals surface area contributed by atoms with Crippen molar-refractivity contribution in [1.29, 1.82) is 0 Å². The Morgan fingerprint density at radius 2 is 2.00 bits per heavy atom. The summed E-state index contributed by atoms with van der Waals surface area (Å²) in [5, 5.41) is 8.68. The molecule has 0 aromatic carbocycles. The van der Waals surface area contributed by atoms with Crippen molar-refractivity contribution in [3.05, 3.63) is 33.8 Å². The predicted octanol–water partition coefficient (Wildman–Crippen LogP) is 3.62. The van der Waals surface area contributed by atoms with Crippen LogP contribution in [0.4, 0.5) is 11.6 Å². The van der Waals surface area contributed by atoms with Crippen LogP contribution in [0.2, 0.25) is 0 Å². The van der Waals surface area contributed by atoms with Crippen LogP contribution in [0.1, 0.15) is 35.8 Å². The van der Waals surface area contributed by atoms with Crippen LogP contribution < -0.4 is 10.6 Å². The van der Waals surface area contributed by atoms with E-state index in [2.05, 4.69) is 52.8 Å². The Bertz CT molecular complexity index is 548. The Morgan fingerprint density at radius 3 is 2.58 bits per heavy atom. The summed E-state index contributed by atoms with van der Waals surface area (Å²) in [6, 6.07) is 2.14. The summed E-state index contributed by atoms with van der Waals surface area (Å²) in [7, 11) is 1.89. The summed E-state index contributed by atoms with van der Waals surface area (Å²) in [5.41, 5.74) is 2.46. The molecule has 0 saturated carbocycles. The molecular weight excluding hydrogens is 256 g/mol. The highest BCUT2D eigenvalue weighted by Crippen LogP contribution is 2.28. The maximum Gasteiger partial charge on any atom is 0.135 e. The van der Waals surface area contributed by atoms with Crippen molar-refractivity contribution in [2.75, 3.05) is 17.7 Å². The lowest BCUT2D eigenvalue weighted by Gasteiger charge is -2.16. The van der Waals surface area contributed by atoms with Gasteiger partial charge in [-0.15, -0.1) is 11.3 Å². The van der Waals surface area contributed by atoms with Crippen molar-refractivity contribution in [1.82, 2.24) is 9.97 Å². The third-order valence-corrected chi connectivity index (χ3v) is 4.11. The van der Waals surface area contributed by atoms with Gasteiger partial charge >= 0.3 is 0 Å². The number of hydrogen-bond donors (Lipinski definition) is 2. The van der Waals surface area contributed by atoms with Gasteiger partial charge in [0.2, 0.25) is 0 Å². The number of thiophene rings is 1. The van der Waals surface area contributed by atoms with Crippen LogP contribution in [0.25, 0.3) is 0 Å². The Kier molecular flexibility index (Phi) is 4.37. The quantitative estimate of drug-likeness (QED) is 0.875. The molecule has 0 bridgehead atoms. The standard InChI is InChI=1S/C14H20N4S/c1-9(2)12-13(15-4)17-8-18-14(12)16-7-11-10(3)5-6-19-11/h5-6,8-9H,7H2,1-4H3,(H2,15,16,17,18). The average Bonchev–Trinajstić information content (AvgIpc) is 2.81. The minimum atomic E-state index is 0.371. The van der Waals surface area contributed by atoms with E-state index in [0.29, 0.717) is 5.92 Å². The van der Waals surface area contributed by atoms with E-state index < -0.39 is 0 Å². The first-order valence-corrected chi connectivity index (χ1v) is 7.31. The molecule has 0 unspecified atom stereocenters. The monoisotopic (exact) mass is 276 g/mol. The fourth-order valence-corrected chi connectivity index (χ4v) is 2.88. The van der Waals surface area contributed by atoms with Gasteiger partial charge in [-0.05, 0) is 29.9 Å². The van der Waals surface area contributed by atoms with Gasteiger partial charge in [-0.3, -0.25) is 0 Å². The van der Waals surface area contributed by atoms with Crippen molar-refractivity contribution in [2.45, 2.75) is 33.2 Å². The molecule has 2 heterocycles. The molecule has 0 spiro atoms. The topological polar surface area (TPSA) is 49.8 Å². The van der Waals surface area contributed by atoms with Crippen LogP contribution in [0, 0.1) is 6.92 Å². The number of aromatic nitrogens is 2. The number of nitrogens with one attached hydrogen (secondary N) is 2. The van der Waals surface area contributed by atoms with Crippen molar-refractivity contribution in [3.63, 3.8) is 0 Å². The number of hydrogen-bond acceptors (Lipinski definition) is 5. The molecule has 0 aliphatic heterocycles. The molecule has 0 saturated heterocycles. The summed E-state index contributed by atoms with van der Waals surface area (Å²) in [5.74, 6) is 2.19. The van der Waals surface area contributed by atoms with E-state index in [-0.39, 0.29) is 0 Å². The second kappa shape index (κ2) is 6.02. The van der Waals surface area contributed by atoms with E-state index in [1.165, 1.54) is 10.4 Å². The molecule has 2 N–H and O–H groups in total. The fraction of sp³-hybridized carbons (Fsp3) is 0.429. The Balaban J connectivity index is 2.22. The average molecular weight is 276 g/mol. The molecule has 0 amide bonds. The Morgan fingerprint density at radius 1 is 1.26 bits per heavy atom. The molecule has 0 radical (unpaired) electrons. The summed E-state index contributed by atoms with van der Waals surface area (Å²) < 4.78 is 0. The van der Waals surface area contributed by atoms with E-state index in [1.807, 2.05) is 7.05 Å². The first-order valence-electron chi connectivity index (χ1n) is 6.43. The van der Waals surface area contributed by atoms with Gasteiger partial charge in [-0.2, -0.15) is 0 Å². The van der Waals surface area contributed by atoms with Gasteiger partial charge in [-0.1, -0.05) is 13.8 Å². The number of nitrogens with zero attached hydrogens (tertiary/aromatic N) is 2. The van der Waals surface area contributed by atoms with Crippen molar-refractivity contribution < 1.29 is 0 Å². The molecule has 19 heavy (non-hydrogen) atoms. The second-order valence-electron chi connectivity index (χ2n) is 4.77. The Labute approximate surface area is 118 Å². The van der Waals surface area contributed by atoms with Crippen LogP contribution in [0.5, 0.6) is 0 Å². The normalized spacial score (nSPS) is 10.8. The summed E-state index contributed by atoms with van der Waals surface area (Å²) in [6.07, 6.45) is 1.60. The van der Waals surface area contributed by atoms with Crippen molar-refractivity contribution >= 4 is 23.0 Å². The summed E-state index contributed by atoms with van der Waals surface area (Å²) in [4.78, 5) is 10.0. The maximum atomic E-state index is 4.38. The smallest absolute Gasteiger partial charge is 0.135 e. The zero-order valence-electron chi connectivity index (χ0n) is 11.8. The Hall–Kier alpha value is -1.62. The van der Waals surface area contributed by atoms with Crippen LogP contribution >= 0.6 is 11.3 Å². The SMILES string of the molecule is CNc1ncnc(NCc2sccc2C)c1C(C)C. The third-order valence-electron chi connectivity index (χ3n) is 3.08. The predicted molar refractivity (Wildman–Crippen MR) is 82.1 cm³/mol. The van der Waals surface area contributed by atoms with Gasteiger partial charge in [0.05, 0.1) is 6.54 Å². The van der Waals surface area contributed by atoms with Gasteiger partial charge in [0.1, 0.15) is 18.0 Å². The van der Waals surface area contributed by atoms with Crippen molar-refractivity contribution in [3.8, 4) is 0 Å². The molecule has 0 fully saturated rings. The lowest BCUT2D eigenvalue weighted by molar-refractivity contribution is 0.847. The zero-order chi connectivity index (χ0) is 13.8. The number of aryl methyl sites for hydroxylation is 1. The lowest BCUT2D eigenvalue weighted by Crippen LogP contribution is -2.09. The molecule has 0 aliphatic rings. The minimum absolute atomic E-state index is 0.371. The van der Waals surface area contributed by atoms with E-state index >= 15 is 0 Å². The van der Waals surface area contributed by atoms with Crippen LogP contribution in [0.15, 0.2) is 17.8 Å². The van der Waals surface area contributed by atoms with E-state index in [9.17, 15) is 0 Å². The van der Waals surface area contributed by atoms with Crippen molar-refractivity contribution in [2.24, 2.45) is 0 Å². The molecule has 5 heteroatoms. The molecular formula is C14H20N4S. The second-order valence-corrected chi connectivity index (χ2v) is 5.77. The van der Waals surface area contributed by atoms with E-state index in [0.717, 1.165) is 23.7 Å². The van der Waals surface area contributed by atoms with E-state index in [1.54, 1.807) is 17.7 Å².